The number of hydrogen-bond donors (Lipinski definition) is 2. The zero-order valence-corrected chi connectivity index (χ0v) is 37.3. The second-order valence-corrected chi connectivity index (χ2v) is 18.0. The van der Waals surface area contributed by atoms with Gasteiger partial charge >= 0.3 is 18.0 Å². The van der Waals surface area contributed by atoms with E-state index in [9.17, 15) is 14.7 Å². The number of hydrogen-bond acceptors (Lipinski definition) is 12. The number of ether oxygens (including phenoxy) is 4. The van der Waals surface area contributed by atoms with E-state index in [4.69, 9.17) is 18.9 Å². The molecular weight excluding hydrogens is 855 g/mol. The lowest BCUT2D eigenvalue weighted by atomic mass is 9.65. The highest BCUT2D eigenvalue weighted by Crippen LogP contribution is 2.66. The lowest BCUT2D eigenvalue weighted by Crippen LogP contribution is -2.59. The predicted molar refractivity (Wildman–Crippen MR) is 244 cm³/mol. The van der Waals surface area contributed by atoms with E-state index in [1.807, 2.05) is 83.8 Å². The fourth-order valence-corrected chi connectivity index (χ4v) is 10.9. The maximum Gasteiger partial charge on any atom is 0.329 e. The van der Waals surface area contributed by atoms with Crippen molar-refractivity contribution in [2.45, 2.75) is 56.1 Å². The Morgan fingerprint density at radius 3 is 2.12 bits per heavy atom. The molecule has 344 valence electrons. The van der Waals surface area contributed by atoms with Crippen LogP contribution in [0.15, 0.2) is 127 Å². The molecule has 5 aromatic carbocycles. The number of nitrogens with zero attached hydrogens (tertiary/aromatic N) is 4. The molecule has 15 heteroatoms. The van der Waals surface area contributed by atoms with E-state index < -0.39 is 77.3 Å². The highest BCUT2D eigenvalue weighted by Gasteiger charge is 2.76. The number of phenolic OH excluding ortho intramolecular Hbond substituents is 1. The Hall–Kier alpha value is -7.23. The summed E-state index contributed by atoms with van der Waals surface area (Å²) in [5, 5.41) is 13.5. The summed E-state index contributed by atoms with van der Waals surface area (Å²) < 4.78 is 22.8. The second-order valence-electron chi connectivity index (χ2n) is 18.0. The molecule has 3 saturated heterocycles. The molecule has 4 amide bonds. The van der Waals surface area contributed by atoms with Gasteiger partial charge in [-0.25, -0.2) is 14.5 Å². The Kier molecular flexibility index (Phi) is 11.4. The molecule has 7 atom stereocenters. The number of fused-ring (bicyclic) bond motifs is 4. The standard InChI is InChI=1S/C52H51N5O10/c1-31(2)42(48(60)64-3)53-51(63)56-38-17-11-10-16-37(38)52(50(56)62)41(47(59)55-26-24-54(25-27-55)29-32-18-23-39-40(28-32)66-30-65-39)44-49(61)67-45(34-14-8-5-9-15-34)43(33-12-6-4-7-13-33)57(44)46(52)35-19-21-36(58)22-20-35/h4-23,28,31,41-46,58H,24-27,29-30H2,1-3H3,(H,53,63)/t41-,42-,43-,44-,45+,46+,52-/m0/s1. The van der Waals surface area contributed by atoms with Gasteiger partial charge in [0.1, 0.15) is 29.4 Å². The number of urea groups is 1. The van der Waals surface area contributed by atoms with Crippen LogP contribution in [0.4, 0.5) is 10.5 Å². The Labute approximate surface area is 387 Å². The molecule has 2 N–H and O–H groups in total. The zero-order valence-electron chi connectivity index (χ0n) is 37.3. The van der Waals surface area contributed by atoms with Crippen LogP contribution in [-0.4, -0.2) is 102 Å². The lowest BCUT2D eigenvalue weighted by molar-refractivity contribution is -0.179. The van der Waals surface area contributed by atoms with Gasteiger partial charge in [-0.05, 0) is 64.1 Å². The van der Waals surface area contributed by atoms with Gasteiger partial charge in [-0.2, -0.15) is 0 Å². The third-order valence-corrected chi connectivity index (χ3v) is 14.0. The number of piperazine rings is 1. The molecule has 0 unspecified atom stereocenters. The summed E-state index contributed by atoms with van der Waals surface area (Å²) in [4.78, 5) is 82.6. The molecule has 0 bridgehead atoms. The van der Waals surface area contributed by atoms with Gasteiger partial charge in [0.25, 0.3) is 0 Å². The number of morpholine rings is 1. The van der Waals surface area contributed by atoms with Crippen molar-refractivity contribution in [2.24, 2.45) is 11.8 Å². The molecule has 15 nitrogen and oxygen atoms in total. The molecule has 67 heavy (non-hydrogen) atoms. The fraction of sp³-hybridized carbons (Fsp3) is 0.327. The number of imide groups is 1. The smallest absolute Gasteiger partial charge is 0.329 e. The Morgan fingerprint density at radius 1 is 0.776 bits per heavy atom. The number of cyclic esters (lactones) is 1. The molecule has 5 heterocycles. The van der Waals surface area contributed by atoms with Crippen LogP contribution in [0.25, 0.3) is 0 Å². The molecule has 0 radical (unpaired) electrons. The topological polar surface area (TPSA) is 167 Å². The largest absolute Gasteiger partial charge is 0.508 e. The van der Waals surface area contributed by atoms with Gasteiger partial charge in [-0.3, -0.25) is 24.2 Å². The average molecular weight is 906 g/mol. The maximum absolute atomic E-state index is 16.4. The first-order valence-electron chi connectivity index (χ1n) is 22.6. The number of esters is 2. The normalized spacial score (nSPS) is 24.9. The first-order valence-corrected chi connectivity index (χ1v) is 22.6. The van der Waals surface area contributed by atoms with Crippen LogP contribution in [0, 0.1) is 11.8 Å². The summed E-state index contributed by atoms with van der Waals surface area (Å²) in [6.45, 7) is 5.81. The van der Waals surface area contributed by atoms with Crippen LogP contribution < -0.4 is 19.7 Å². The lowest BCUT2D eigenvalue weighted by Gasteiger charge is -2.46. The number of methoxy groups -OCH3 is 1. The second kappa shape index (κ2) is 17.5. The van der Waals surface area contributed by atoms with Crippen LogP contribution in [0.3, 0.4) is 0 Å². The van der Waals surface area contributed by atoms with Gasteiger partial charge in [0.2, 0.25) is 18.6 Å². The number of amides is 4. The molecule has 0 aromatic heterocycles. The van der Waals surface area contributed by atoms with Gasteiger partial charge in [0, 0.05) is 32.7 Å². The van der Waals surface area contributed by atoms with Gasteiger partial charge in [-0.15, -0.1) is 0 Å². The Morgan fingerprint density at radius 2 is 1.43 bits per heavy atom. The van der Waals surface area contributed by atoms with Gasteiger partial charge < -0.3 is 34.3 Å². The van der Waals surface area contributed by atoms with E-state index in [1.54, 1.807) is 55.1 Å². The third-order valence-electron chi connectivity index (χ3n) is 14.0. The Bertz CT molecular complexity index is 2710. The van der Waals surface area contributed by atoms with Gasteiger partial charge in [-0.1, -0.05) is 111 Å². The average Bonchev–Trinajstić information content (AvgIpc) is 4.02. The summed E-state index contributed by atoms with van der Waals surface area (Å²) in [6.07, 6.45) is -0.893. The number of nitrogens with one attached hydrogen (secondary N) is 1. The third kappa shape index (κ3) is 7.33. The van der Waals surface area contributed by atoms with E-state index in [0.717, 1.165) is 16.0 Å². The van der Waals surface area contributed by atoms with Crippen molar-refractivity contribution in [3.05, 3.63) is 155 Å². The van der Waals surface area contributed by atoms with E-state index >= 15 is 14.4 Å². The number of anilines is 1. The summed E-state index contributed by atoms with van der Waals surface area (Å²) in [7, 11) is 1.23. The maximum atomic E-state index is 16.4. The number of para-hydroxylation sites is 1. The molecule has 3 fully saturated rings. The molecule has 5 aliphatic rings. The Balaban J connectivity index is 1.14. The molecule has 0 aliphatic carbocycles. The van der Waals surface area contributed by atoms with Crippen molar-refractivity contribution in [3.8, 4) is 17.2 Å². The van der Waals surface area contributed by atoms with Crippen molar-refractivity contribution in [1.29, 1.82) is 0 Å². The van der Waals surface area contributed by atoms with Crippen LogP contribution >= 0.6 is 0 Å². The summed E-state index contributed by atoms with van der Waals surface area (Å²) in [5.41, 5.74) is 1.63. The highest BCUT2D eigenvalue weighted by atomic mass is 16.7. The van der Waals surface area contributed by atoms with Crippen molar-refractivity contribution in [3.63, 3.8) is 0 Å². The van der Waals surface area contributed by atoms with E-state index in [1.165, 1.54) is 19.2 Å². The van der Waals surface area contributed by atoms with Crippen molar-refractivity contribution < 1.29 is 48.0 Å². The van der Waals surface area contributed by atoms with Crippen molar-refractivity contribution >= 4 is 35.5 Å². The first-order chi connectivity index (χ1) is 32.5. The van der Waals surface area contributed by atoms with E-state index in [-0.39, 0.29) is 31.3 Å². The quantitative estimate of drug-likeness (QED) is 0.165. The molecule has 5 aliphatic heterocycles. The van der Waals surface area contributed by atoms with E-state index in [2.05, 4.69) is 10.2 Å². The zero-order chi connectivity index (χ0) is 46.6. The summed E-state index contributed by atoms with van der Waals surface area (Å²) in [6, 6.07) is 32.8. The van der Waals surface area contributed by atoms with Crippen LogP contribution in [0.5, 0.6) is 17.2 Å². The van der Waals surface area contributed by atoms with E-state index in [0.29, 0.717) is 47.8 Å². The molecule has 10 rings (SSSR count). The SMILES string of the molecule is COC(=O)[C@@H](NC(=O)N1C(=O)[C@@]2(c3ccccc31)[C@H](C(=O)N1CCN(Cc3ccc4c(c3)OCO4)CC1)[C@H]1C(=O)O[C@H](c3ccccc3)[C@H](c3ccccc3)N1[C@@H]2c1ccc(O)cc1)C(C)C. The summed E-state index contributed by atoms with van der Waals surface area (Å²) >= 11 is 0. The van der Waals surface area contributed by atoms with Crippen LogP contribution in [-0.2, 0) is 40.6 Å². The number of carbonyl (C=O) groups is 5. The molecule has 1 spiro atoms. The van der Waals surface area contributed by atoms with Crippen molar-refractivity contribution in [2.75, 3.05) is 45.0 Å². The predicted octanol–water partition coefficient (Wildman–Crippen LogP) is 6.04. The van der Waals surface area contributed by atoms with Crippen molar-refractivity contribution in [1.82, 2.24) is 20.0 Å². The summed E-state index contributed by atoms with van der Waals surface area (Å²) in [5.74, 6) is -3.08. The number of aromatic hydroxyl groups is 1. The molecule has 0 saturated carbocycles. The minimum atomic E-state index is -1.95. The minimum Gasteiger partial charge on any atom is -0.508 e. The number of benzene rings is 5. The molecular formula is C52H51N5O10. The number of carbonyl (C=O) groups excluding carboxylic acids is 5. The van der Waals surface area contributed by atoms with Crippen LogP contribution in [0.2, 0.25) is 0 Å². The monoisotopic (exact) mass is 905 g/mol. The van der Waals surface area contributed by atoms with Gasteiger partial charge in [0.15, 0.2) is 11.5 Å². The number of rotatable bonds is 9. The minimum absolute atomic E-state index is 0.0277. The first kappa shape index (κ1) is 43.7. The highest BCUT2D eigenvalue weighted by molar-refractivity contribution is 6.25. The van der Waals surface area contributed by atoms with Gasteiger partial charge in [0.05, 0.1) is 30.8 Å². The number of phenols is 1. The van der Waals surface area contributed by atoms with Crippen LogP contribution in [0.1, 0.15) is 59.9 Å². The fourth-order valence-electron chi connectivity index (χ4n) is 10.9. The molecule has 5 aromatic rings.